The summed E-state index contributed by atoms with van der Waals surface area (Å²) in [5.41, 5.74) is 9.77. The van der Waals surface area contributed by atoms with Crippen molar-refractivity contribution < 1.29 is 0 Å². The number of hydrogen-bond donors (Lipinski definition) is 0. The van der Waals surface area contributed by atoms with Gasteiger partial charge in [0.15, 0.2) is 0 Å². The van der Waals surface area contributed by atoms with Gasteiger partial charge in [-0.2, -0.15) is 0 Å². The van der Waals surface area contributed by atoms with Gasteiger partial charge < -0.3 is 14.7 Å². The third kappa shape index (κ3) is 7.99. The Bertz CT molecular complexity index is 3380. The maximum Gasteiger partial charge on any atom is 0.0540 e. The first kappa shape index (κ1) is 40.2. The largest absolute Gasteiger partial charge is 0.310 e. The van der Waals surface area contributed by atoms with Gasteiger partial charge >= 0.3 is 0 Å². The van der Waals surface area contributed by atoms with Crippen LogP contribution in [0.1, 0.15) is 13.8 Å². The first-order chi connectivity index (χ1) is 31.7. The monoisotopic (exact) mass is 841 g/mol. The second-order valence-corrected chi connectivity index (χ2v) is 16.8. The molecule has 1 aromatic heterocycles. The van der Waals surface area contributed by atoms with Gasteiger partial charge in [-0.05, 0) is 133 Å². The molecule has 0 saturated heterocycles. The molecule has 0 spiro atoms. The van der Waals surface area contributed by atoms with Gasteiger partial charge in [-0.1, -0.05) is 146 Å². The Morgan fingerprint density at radius 3 is 1.39 bits per heavy atom. The van der Waals surface area contributed by atoms with Gasteiger partial charge in [-0.15, -0.1) is 11.3 Å². The first-order valence-corrected chi connectivity index (χ1v) is 22.6. The fourth-order valence-corrected chi connectivity index (χ4v) is 9.68. The van der Waals surface area contributed by atoms with Gasteiger partial charge in [-0.25, -0.2) is 0 Å². The number of thiophene rings is 1. The molecule has 0 unspecified atom stereocenters. The van der Waals surface area contributed by atoms with Crippen LogP contribution in [-0.4, -0.2) is 0 Å². The smallest absolute Gasteiger partial charge is 0.0540 e. The summed E-state index contributed by atoms with van der Waals surface area (Å²) >= 11 is 1.85. The Balaban J connectivity index is 0.00000116. The van der Waals surface area contributed by atoms with E-state index in [0.717, 1.165) is 51.2 Å². The molecule has 0 N–H and O–H groups in total. The number of hydrogen-bond acceptors (Lipinski definition) is 4. The van der Waals surface area contributed by atoms with Gasteiger partial charge in [0.1, 0.15) is 0 Å². The summed E-state index contributed by atoms with van der Waals surface area (Å²) in [5, 5.41) is 7.36. The highest BCUT2D eigenvalue weighted by atomic mass is 32.1. The zero-order valence-electron chi connectivity index (χ0n) is 35.9. The van der Waals surface area contributed by atoms with Crippen LogP contribution in [0.2, 0.25) is 0 Å². The fraction of sp³-hybridized carbons (Fsp3) is 0.0333. The van der Waals surface area contributed by atoms with Crippen LogP contribution in [0, 0.1) is 0 Å². The van der Waals surface area contributed by atoms with E-state index in [9.17, 15) is 0 Å². The molecule has 0 saturated carbocycles. The molecule has 0 aliphatic carbocycles. The highest BCUT2D eigenvalue weighted by molar-refractivity contribution is 7.25. The summed E-state index contributed by atoms with van der Waals surface area (Å²) in [6.45, 7) is 4.00. The van der Waals surface area contributed by atoms with Crippen LogP contribution in [0.15, 0.2) is 249 Å². The molecule has 0 radical (unpaired) electrons. The van der Waals surface area contributed by atoms with E-state index in [1.54, 1.807) is 0 Å². The van der Waals surface area contributed by atoms with E-state index in [1.807, 2.05) is 37.3 Å². The Kier molecular flexibility index (Phi) is 11.4. The van der Waals surface area contributed by atoms with E-state index in [-0.39, 0.29) is 0 Å². The molecule has 0 aliphatic rings. The van der Waals surface area contributed by atoms with E-state index < -0.39 is 0 Å². The van der Waals surface area contributed by atoms with Crippen molar-refractivity contribution in [1.29, 1.82) is 0 Å². The Labute approximate surface area is 379 Å². The third-order valence-electron chi connectivity index (χ3n) is 11.7. The van der Waals surface area contributed by atoms with Gasteiger partial charge in [0.25, 0.3) is 0 Å². The summed E-state index contributed by atoms with van der Waals surface area (Å²) in [4.78, 5) is 7.15. The second-order valence-electron chi connectivity index (χ2n) is 15.7. The van der Waals surface area contributed by atoms with Crippen LogP contribution in [0.4, 0.5) is 51.2 Å². The van der Waals surface area contributed by atoms with Gasteiger partial charge in [0, 0.05) is 71.1 Å². The van der Waals surface area contributed by atoms with Crippen molar-refractivity contribution in [1.82, 2.24) is 0 Å². The van der Waals surface area contributed by atoms with Crippen molar-refractivity contribution >= 4 is 104 Å². The van der Waals surface area contributed by atoms with Crippen LogP contribution in [0.5, 0.6) is 0 Å². The zero-order chi connectivity index (χ0) is 43.2. The minimum atomic E-state index is 1.06. The number of para-hydroxylation sites is 2. The standard InChI is InChI=1S/C56H39N3S.C4H8/c1-3-20-43(21-4-1)57(49-33-32-40-16-7-8-18-42(40)36-49)45-24-14-25-46(37-45)58(50-34-35-56-53(39-50)52-29-11-12-31-55(52)60-56)47-26-15-27-48(38-47)59(44-22-5-2-6-23-44)54-30-13-19-41-17-9-10-28-51(41)54;1-3-4-2/h1-39H;3-4H,1-2H3/b;4-3-. The predicted molar refractivity (Wildman–Crippen MR) is 279 cm³/mol. The fourth-order valence-electron chi connectivity index (χ4n) is 8.59. The maximum atomic E-state index is 2.41. The number of anilines is 9. The number of allylic oxidation sites excluding steroid dienone is 2. The first-order valence-electron chi connectivity index (χ1n) is 21.8. The van der Waals surface area contributed by atoms with E-state index >= 15 is 0 Å². The predicted octanol–water partition coefficient (Wildman–Crippen LogP) is 18.4. The molecule has 1 heterocycles. The maximum absolute atomic E-state index is 2.41. The highest BCUT2D eigenvalue weighted by Gasteiger charge is 2.21. The number of rotatable bonds is 9. The average Bonchev–Trinajstić information content (AvgIpc) is 3.73. The van der Waals surface area contributed by atoms with Gasteiger partial charge in [0.05, 0.1) is 5.69 Å². The topological polar surface area (TPSA) is 9.72 Å². The van der Waals surface area contributed by atoms with Crippen molar-refractivity contribution in [2.45, 2.75) is 13.8 Å². The van der Waals surface area contributed by atoms with Crippen LogP contribution in [-0.2, 0) is 0 Å². The minimum Gasteiger partial charge on any atom is -0.310 e. The molecular formula is C60H47N3S. The van der Waals surface area contributed by atoms with Gasteiger partial charge in [0.2, 0.25) is 0 Å². The Morgan fingerprint density at radius 2 is 0.719 bits per heavy atom. The molecule has 3 nitrogen and oxygen atoms in total. The molecule has 4 heteroatoms. The molecule has 0 fully saturated rings. The molecule has 10 aromatic carbocycles. The lowest BCUT2D eigenvalue weighted by Crippen LogP contribution is -2.14. The van der Waals surface area contributed by atoms with Crippen molar-refractivity contribution in [2.75, 3.05) is 14.7 Å². The second kappa shape index (κ2) is 18.2. The lowest BCUT2D eigenvalue weighted by molar-refractivity contribution is 1.24. The number of nitrogens with zero attached hydrogens (tertiary/aromatic N) is 3. The molecule has 11 aromatic rings. The quantitative estimate of drug-likeness (QED) is 0.134. The molecule has 0 aliphatic heterocycles. The summed E-state index contributed by atoms with van der Waals surface area (Å²) in [7, 11) is 0. The van der Waals surface area contributed by atoms with Crippen molar-refractivity contribution in [3.05, 3.63) is 249 Å². The minimum absolute atomic E-state index is 1.06. The van der Waals surface area contributed by atoms with Crippen LogP contribution >= 0.6 is 11.3 Å². The SMILES string of the molecule is C/C=C\C.c1ccc(N(c2cccc(N(c3cccc(N(c4ccccc4)c4cccc5ccccc45)c3)c3ccc4sc5ccccc5c4c3)c2)c2ccc3ccccc3c2)cc1. The summed E-state index contributed by atoms with van der Waals surface area (Å²) in [6, 6.07) is 85.5. The normalized spacial score (nSPS) is 11.2. The molecule has 0 bridgehead atoms. The molecule has 0 atom stereocenters. The van der Waals surface area contributed by atoms with Gasteiger partial charge in [-0.3, -0.25) is 0 Å². The van der Waals surface area contributed by atoms with E-state index in [1.165, 1.54) is 41.7 Å². The van der Waals surface area contributed by atoms with Crippen LogP contribution < -0.4 is 14.7 Å². The summed E-state index contributed by atoms with van der Waals surface area (Å²) < 4.78 is 2.57. The van der Waals surface area contributed by atoms with Crippen molar-refractivity contribution in [3.8, 4) is 0 Å². The molecule has 64 heavy (non-hydrogen) atoms. The Morgan fingerprint density at radius 1 is 0.281 bits per heavy atom. The lowest BCUT2D eigenvalue weighted by Gasteiger charge is -2.31. The lowest BCUT2D eigenvalue weighted by atomic mass is 10.1. The molecule has 308 valence electrons. The average molecular weight is 842 g/mol. The van der Waals surface area contributed by atoms with Crippen LogP contribution in [0.3, 0.4) is 0 Å². The van der Waals surface area contributed by atoms with Crippen LogP contribution in [0.25, 0.3) is 41.7 Å². The molecule has 11 rings (SSSR count). The molecule has 0 amide bonds. The van der Waals surface area contributed by atoms with E-state index in [4.69, 9.17) is 0 Å². The summed E-state index contributed by atoms with van der Waals surface area (Å²) in [5.74, 6) is 0. The molecular weight excluding hydrogens is 795 g/mol. The van der Waals surface area contributed by atoms with E-state index in [0.29, 0.717) is 0 Å². The third-order valence-corrected chi connectivity index (χ3v) is 12.8. The number of benzene rings is 10. The highest BCUT2D eigenvalue weighted by Crippen LogP contribution is 2.46. The van der Waals surface area contributed by atoms with Crippen molar-refractivity contribution in [2.24, 2.45) is 0 Å². The van der Waals surface area contributed by atoms with E-state index in [2.05, 4.69) is 251 Å². The summed E-state index contributed by atoms with van der Waals surface area (Å²) in [6.07, 6.45) is 4.00. The number of fused-ring (bicyclic) bond motifs is 5. The zero-order valence-corrected chi connectivity index (χ0v) is 36.7. The Hall–Kier alpha value is -7.92. The van der Waals surface area contributed by atoms with Crippen molar-refractivity contribution in [3.63, 3.8) is 0 Å².